The summed E-state index contributed by atoms with van der Waals surface area (Å²) < 4.78 is 5.37. The maximum Gasteiger partial charge on any atom is 0.257 e. The Hall–Kier alpha value is -3.39. The van der Waals surface area contributed by atoms with Crippen LogP contribution in [0.3, 0.4) is 0 Å². The molecule has 0 radical (unpaired) electrons. The number of nitrogens with one attached hydrogen (secondary N) is 3. The summed E-state index contributed by atoms with van der Waals surface area (Å²) in [4.78, 5) is 27.4. The zero-order valence-electron chi connectivity index (χ0n) is 29.1. The number of methoxy groups -OCH3 is 1. The molecule has 0 spiro atoms. The molecule has 0 aliphatic heterocycles. The summed E-state index contributed by atoms with van der Waals surface area (Å²) >= 11 is 0. The minimum atomic E-state index is -0.241. The number of hydrogen-bond acceptors (Lipinski definition) is 7. The van der Waals surface area contributed by atoms with E-state index < -0.39 is 0 Å². The minimum Gasteiger partial charge on any atom is -0.492 e. The van der Waals surface area contributed by atoms with Crippen LogP contribution in [0.15, 0.2) is 36.2 Å². The van der Waals surface area contributed by atoms with Gasteiger partial charge in [0.15, 0.2) is 11.5 Å². The molecule has 0 atom stereocenters. The molecule has 1 aromatic carbocycles. The van der Waals surface area contributed by atoms with Crippen molar-refractivity contribution < 1.29 is 14.3 Å². The molecular weight excluding hydrogens is 526 g/mol. The van der Waals surface area contributed by atoms with E-state index in [2.05, 4.69) is 69.6 Å². The standard InChI is InChI=1S/C19H25N3O2.C7H16.C6H12N2O.C2H6/c1-11-7-13(10-21-12(11)2)18(23)22-16-9-14(19(3,4)5)8-15(20)17(16)24-6;1-5-6-7(2,3)4;1-4-6(5(2)9)8-7-3;1-2/h7-10H,20H2,1-6H3,(H,22,23);5-6H2,1-4H3;4,7-8H,1-3H3;1-2H3/b;;6-4-;. The Morgan fingerprint density at radius 1 is 1.05 bits per heavy atom. The number of hydrogen-bond donors (Lipinski definition) is 4. The van der Waals surface area contributed by atoms with Gasteiger partial charge in [0.1, 0.15) is 0 Å². The molecule has 5 N–H and O–H groups in total. The van der Waals surface area contributed by atoms with Crippen LogP contribution < -0.4 is 26.6 Å². The number of carbonyl (C=O) groups excluding carboxylic acids is 2. The van der Waals surface area contributed by atoms with Crippen LogP contribution in [0.25, 0.3) is 0 Å². The maximum atomic E-state index is 12.6. The van der Waals surface area contributed by atoms with E-state index in [1.165, 1.54) is 26.9 Å². The molecule has 42 heavy (non-hydrogen) atoms. The molecule has 8 nitrogen and oxygen atoms in total. The summed E-state index contributed by atoms with van der Waals surface area (Å²) in [7, 11) is 3.25. The summed E-state index contributed by atoms with van der Waals surface area (Å²) in [5.74, 6) is 0.259. The van der Waals surface area contributed by atoms with Crippen molar-refractivity contribution in [1.82, 2.24) is 15.8 Å². The molecule has 238 valence electrons. The Morgan fingerprint density at radius 3 is 1.95 bits per heavy atom. The highest BCUT2D eigenvalue weighted by atomic mass is 16.5. The van der Waals surface area contributed by atoms with E-state index in [4.69, 9.17) is 10.5 Å². The van der Waals surface area contributed by atoms with Crippen LogP contribution in [0.4, 0.5) is 11.4 Å². The number of pyridine rings is 1. The van der Waals surface area contributed by atoms with Gasteiger partial charge in [0.05, 0.1) is 29.7 Å². The van der Waals surface area contributed by atoms with E-state index in [0.29, 0.717) is 33.8 Å². The van der Waals surface area contributed by atoms with Gasteiger partial charge in [0, 0.05) is 25.9 Å². The van der Waals surface area contributed by atoms with Gasteiger partial charge in [-0.25, -0.2) is 5.43 Å². The average Bonchev–Trinajstić information content (AvgIpc) is 2.89. The number of nitrogen functional groups attached to an aromatic ring is 1. The third-order valence-electron chi connectivity index (χ3n) is 5.97. The SMILES string of the molecule is C/C=C(\NNC)C(C)=O.CC.CCCC(C)(C)C.COc1c(N)cc(C(C)(C)C)cc1NC(=O)c1cnc(C)c(C)c1. The molecule has 2 aromatic rings. The molecule has 1 heterocycles. The van der Waals surface area contributed by atoms with Crippen LogP contribution in [0.2, 0.25) is 0 Å². The van der Waals surface area contributed by atoms with Crippen LogP contribution in [0, 0.1) is 19.3 Å². The van der Waals surface area contributed by atoms with E-state index in [1.807, 2.05) is 45.9 Å². The Morgan fingerprint density at radius 2 is 1.62 bits per heavy atom. The minimum absolute atomic E-state index is 0.0341. The number of nitrogens with two attached hydrogens (primary N) is 1. The summed E-state index contributed by atoms with van der Waals surface area (Å²) in [6.07, 6.45) is 5.94. The van der Waals surface area contributed by atoms with Crippen LogP contribution in [0.5, 0.6) is 5.75 Å². The molecule has 0 bridgehead atoms. The number of Topliss-reactive ketones (excluding diaryl/α,β-unsaturated/α-hetero) is 1. The number of aryl methyl sites for hydroxylation is 2. The van der Waals surface area contributed by atoms with Gasteiger partial charge < -0.3 is 21.2 Å². The predicted molar refractivity (Wildman–Crippen MR) is 180 cm³/mol. The zero-order chi connectivity index (χ0) is 33.3. The van der Waals surface area contributed by atoms with Crippen LogP contribution in [0.1, 0.15) is 116 Å². The summed E-state index contributed by atoms with van der Waals surface area (Å²) in [5.41, 5.74) is 17.0. The molecule has 8 heteroatoms. The molecule has 0 aliphatic carbocycles. The molecule has 0 unspecified atom stereocenters. The number of benzene rings is 1. The number of rotatable bonds is 7. The Bertz CT molecular complexity index is 1140. The van der Waals surface area contributed by atoms with Gasteiger partial charge in [-0.15, -0.1) is 0 Å². The van der Waals surface area contributed by atoms with Crippen molar-refractivity contribution in [3.8, 4) is 5.75 Å². The first-order valence-corrected chi connectivity index (χ1v) is 14.7. The highest BCUT2D eigenvalue weighted by Crippen LogP contribution is 2.37. The molecule has 1 aromatic heterocycles. The van der Waals surface area contributed by atoms with Crippen molar-refractivity contribution in [2.24, 2.45) is 5.41 Å². The van der Waals surface area contributed by atoms with Crippen LogP contribution in [-0.4, -0.2) is 30.8 Å². The monoisotopic (exact) mass is 585 g/mol. The van der Waals surface area contributed by atoms with E-state index in [-0.39, 0.29) is 17.1 Å². The summed E-state index contributed by atoms with van der Waals surface area (Å²) in [5, 5.41) is 2.89. The van der Waals surface area contributed by atoms with Gasteiger partial charge in [-0.1, -0.05) is 74.8 Å². The van der Waals surface area contributed by atoms with Gasteiger partial charge in [0.25, 0.3) is 5.91 Å². The van der Waals surface area contributed by atoms with Crippen molar-refractivity contribution >= 4 is 23.1 Å². The lowest BCUT2D eigenvalue weighted by Gasteiger charge is -2.22. The third-order valence-corrected chi connectivity index (χ3v) is 5.97. The van der Waals surface area contributed by atoms with E-state index >= 15 is 0 Å². The number of nitrogens with zero attached hydrogens (tertiary/aromatic N) is 1. The smallest absolute Gasteiger partial charge is 0.257 e. The van der Waals surface area contributed by atoms with Gasteiger partial charge in [-0.2, -0.15) is 0 Å². The first kappa shape index (κ1) is 40.7. The van der Waals surface area contributed by atoms with E-state index in [1.54, 1.807) is 26.2 Å². The van der Waals surface area contributed by atoms with Gasteiger partial charge >= 0.3 is 0 Å². The highest BCUT2D eigenvalue weighted by Gasteiger charge is 2.20. The van der Waals surface area contributed by atoms with E-state index in [9.17, 15) is 9.59 Å². The molecule has 0 saturated heterocycles. The lowest BCUT2D eigenvalue weighted by Crippen LogP contribution is -2.29. The number of amides is 1. The number of ketones is 1. The number of aromatic nitrogens is 1. The molecule has 1 amide bonds. The number of allylic oxidation sites excluding steroid dienone is 2. The third kappa shape index (κ3) is 15.6. The molecule has 0 saturated carbocycles. The van der Waals surface area contributed by atoms with Crippen molar-refractivity contribution in [2.45, 2.75) is 108 Å². The largest absolute Gasteiger partial charge is 0.492 e. The molecule has 2 rings (SSSR count). The quantitative estimate of drug-likeness (QED) is 0.148. The fourth-order valence-electron chi connectivity index (χ4n) is 3.61. The Balaban J connectivity index is 0. The van der Waals surface area contributed by atoms with Crippen molar-refractivity contribution in [2.75, 3.05) is 25.2 Å². The fraction of sp³-hybridized carbons (Fsp3) is 0.559. The summed E-state index contributed by atoms with van der Waals surface area (Å²) in [6, 6.07) is 5.61. The normalized spacial score (nSPS) is 11.0. The lowest BCUT2D eigenvalue weighted by molar-refractivity contribution is -0.114. The summed E-state index contributed by atoms with van der Waals surface area (Å²) in [6.45, 7) is 26.5. The predicted octanol–water partition coefficient (Wildman–Crippen LogP) is 7.90. The fourth-order valence-corrected chi connectivity index (χ4v) is 3.61. The first-order valence-electron chi connectivity index (χ1n) is 14.7. The number of carbonyl (C=O) groups is 2. The van der Waals surface area contributed by atoms with Crippen molar-refractivity contribution in [3.05, 3.63) is 58.6 Å². The first-order chi connectivity index (χ1) is 19.4. The number of hydrazine groups is 1. The van der Waals surface area contributed by atoms with Gasteiger partial charge in [-0.05, 0) is 67.3 Å². The number of ether oxygens (including phenoxy) is 1. The van der Waals surface area contributed by atoms with Gasteiger partial charge in [0.2, 0.25) is 0 Å². The Labute approximate surface area is 256 Å². The maximum absolute atomic E-state index is 12.6. The topological polar surface area (TPSA) is 118 Å². The van der Waals surface area contributed by atoms with Crippen LogP contribution in [-0.2, 0) is 10.2 Å². The zero-order valence-corrected chi connectivity index (χ0v) is 29.1. The average molecular weight is 586 g/mol. The van der Waals surface area contributed by atoms with Crippen molar-refractivity contribution in [3.63, 3.8) is 0 Å². The lowest BCUT2D eigenvalue weighted by atomic mass is 9.86. The number of anilines is 2. The van der Waals surface area contributed by atoms with E-state index in [0.717, 1.165) is 16.8 Å². The van der Waals surface area contributed by atoms with Crippen molar-refractivity contribution in [1.29, 1.82) is 0 Å². The molecule has 0 fully saturated rings. The second-order valence-electron chi connectivity index (χ2n) is 11.9. The molecular formula is C34H59N5O3. The van der Waals surface area contributed by atoms with Crippen LogP contribution >= 0.6 is 0 Å². The highest BCUT2D eigenvalue weighted by molar-refractivity contribution is 6.05. The van der Waals surface area contributed by atoms with Gasteiger partial charge in [-0.3, -0.25) is 14.6 Å². The molecule has 0 aliphatic rings. The second-order valence-corrected chi connectivity index (χ2v) is 11.9. The Kier molecular flexibility index (Phi) is 19.1. The second kappa shape index (κ2) is 19.7.